The fraction of sp³-hybridized carbons (Fsp3) is 0.121. The van der Waals surface area contributed by atoms with E-state index < -0.39 is 0 Å². The average Bonchev–Trinajstić information content (AvgIpc) is 3.43. The lowest BCUT2D eigenvalue weighted by Crippen LogP contribution is -2.12. The van der Waals surface area contributed by atoms with Crippen molar-refractivity contribution in [3.63, 3.8) is 0 Å². The topological polar surface area (TPSA) is 66.2 Å². The van der Waals surface area contributed by atoms with E-state index in [0.717, 1.165) is 55.3 Å². The van der Waals surface area contributed by atoms with Gasteiger partial charge in [-0.25, -0.2) is 4.98 Å². The number of pyridine rings is 1. The first-order valence-electron chi connectivity index (χ1n) is 12.8. The third-order valence-corrected chi connectivity index (χ3v) is 7.18. The second-order valence-electron chi connectivity index (χ2n) is 10.8. The maximum Gasteiger partial charge on any atom is 0.137 e. The summed E-state index contributed by atoms with van der Waals surface area (Å²) in [5.74, 6) is 2.29. The lowest BCUT2D eigenvalue weighted by atomic mass is 9.88. The van der Waals surface area contributed by atoms with Crippen LogP contribution in [-0.4, -0.2) is 9.55 Å². The van der Waals surface area contributed by atoms with Crippen LogP contribution < -0.4 is 10.5 Å². The standard InChI is InChI=1S/C33H27N3O2/c1-33(2,3)20-15-16-35-30(17-20)36-26-13-14-29-32(25-9-4-5-10-28(25)38-29)31(26)24-12-11-23(19-27(24)36)37-22-8-6-7-21(34)18-22/h4-19H,34H2,1-3H3. The molecule has 0 saturated heterocycles. The van der Waals surface area contributed by atoms with Crippen LogP contribution in [0.4, 0.5) is 5.69 Å². The number of nitrogens with zero attached hydrogens (tertiary/aromatic N) is 2. The Labute approximate surface area is 220 Å². The molecule has 186 valence electrons. The van der Waals surface area contributed by atoms with Crippen LogP contribution in [0.1, 0.15) is 26.3 Å². The molecule has 38 heavy (non-hydrogen) atoms. The van der Waals surface area contributed by atoms with Crippen molar-refractivity contribution in [2.45, 2.75) is 26.2 Å². The molecule has 3 aromatic heterocycles. The number of aromatic nitrogens is 2. The molecule has 7 rings (SSSR count). The Morgan fingerprint density at radius 2 is 1.58 bits per heavy atom. The van der Waals surface area contributed by atoms with Gasteiger partial charge in [0.25, 0.3) is 0 Å². The van der Waals surface area contributed by atoms with Gasteiger partial charge < -0.3 is 14.9 Å². The molecule has 7 aromatic rings. The minimum atomic E-state index is -0.00795. The van der Waals surface area contributed by atoms with Crippen molar-refractivity contribution in [2.24, 2.45) is 0 Å². The van der Waals surface area contributed by atoms with Crippen molar-refractivity contribution < 1.29 is 9.15 Å². The Balaban J connectivity index is 1.56. The van der Waals surface area contributed by atoms with Crippen LogP contribution in [-0.2, 0) is 5.41 Å². The molecule has 0 spiro atoms. The SMILES string of the molecule is CC(C)(C)c1ccnc(-n2c3cc(Oc4cccc(N)c4)ccc3c3c4c(ccc32)oc2ccccc24)c1. The summed E-state index contributed by atoms with van der Waals surface area (Å²) in [5, 5.41) is 4.46. The maximum absolute atomic E-state index is 6.24. The third-order valence-electron chi connectivity index (χ3n) is 7.18. The van der Waals surface area contributed by atoms with E-state index in [9.17, 15) is 0 Å². The molecule has 0 bridgehead atoms. The smallest absolute Gasteiger partial charge is 0.137 e. The van der Waals surface area contributed by atoms with Gasteiger partial charge in [0.15, 0.2) is 0 Å². The fourth-order valence-corrected chi connectivity index (χ4v) is 5.33. The molecule has 0 aliphatic heterocycles. The number of benzene rings is 4. The molecule has 0 saturated carbocycles. The van der Waals surface area contributed by atoms with Crippen LogP contribution in [0.3, 0.4) is 0 Å². The molecule has 0 unspecified atom stereocenters. The minimum absolute atomic E-state index is 0.00795. The van der Waals surface area contributed by atoms with E-state index in [4.69, 9.17) is 19.9 Å². The van der Waals surface area contributed by atoms with Gasteiger partial charge in [-0.15, -0.1) is 0 Å². The van der Waals surface area contributed by atoms with E-state index in [0.29, 0.717) is 11.4 Å². The Bertz CT molecular complexity index is 2010. The summed E-state index contributed by atoms with van der Waals surface area (Å²) in [5.41, 5.74) is 11.7. The van der Waals surface area contributed by atoms with E-state index in [1.54, 1.807) is 0 Å². The van der Waals surface area contributed by atoms with E-state index in [-0.39, 0.29) is 5.41 Å². The van der Waals surface area contributed by atoms with Crippen LogP contribution in [0.15, 0.2) is 102 Å². The minimum Gasteiger partial charge on any atom is -0.457 e. The van der Waals surface area contributed by atoms with Crippen LogP contribution in [0.5, 0.6) is 11.5 Å². The molecule has 0 atom stereocenters. The molecular weight excluding hydrogens is 470 g/mol. The highest BCUT2D eigenvalue weighted by molar-refractivity contribution is 6.27. The van der Waals surface area contributed by atoms with Gasteiger partial charge in [0.1, 0.15) is 28.5 Å². The Morgan fingerprint density at radius 1 is 0.737 bits per heavy atom. The molecule has 2 N–H and O–H groups in total. The van der Waals surface area contributed by atoms with Crippen molar-refractivity contribution in [3.8, 4) is 17.3 Å². The maximum atomic E-state index is 6.24. The molecule has 3 heterocycles. The monoisotopic (exact) mass is 497 g/mol. The van der Waals surface area contributed by atoms with E-state index in [2.05, 4.69) is 73.9 Å². The number of rotatable bonds is 3. The lowest BCUT2D eigenvalue weighted by molar-refractivity contribution is 0.483. The Kier molecular flexibility index (Phi) is 4.79. The van der Waals surface area contributed by atoms with Crippen LogP contribution >= 0.6 is 0 Å². The fourth-order valence-electron chi connectivity index (χ4n) is 5.33. The van der Waals surface area contributed by atoms with Crippen molar-refractivity contribution in [1.82, 2.24) is 9.55 Å². The zero-order valence-electron chi connectivity index (χ0n) is 21.5. The second kappa shape index (κ2) is 8.12. The van der Waals surface area contributed by atoms with Crippen LogP contribution in [0, 0.1) is 0 Å². The van der Waals surface area contributed by atoms with Gasteiger partial charge >= 0.3 is 0 Å². The number of para-hydroxylation sites is 1. The number of ether oxygens (including phenoxy) is 1. The number of hydrogen-bond acceptors (Lipinski definition) is 4. The van der Waals surface area contributed by atoms with Gasteiger partial charge in [0.05, 0.1) is 11.0 Å². The van der Waals surface area contributed by atoms with Crippen molar-refractivity contribution in [1.29, 1.82) is 0 Å². The highest BCUT2D eigenvalue weighted by Crippen LogP contribution is 2.42. The van der Waals surface area contributed by atoms with Crippen LogP contribution in [0.2, 0.25) is 0 Å². The van der Waals surface area contributed by atoms with Crippen molar-refractivity contribution in [3.05, 3.63) is 103 Å². The van der Waals surface area contributed by atoms with Gasteiger partial charge in [-0.1, -0.05) is 45.0 Å². The number of nitrogens with two attached hydrogens (primary N) is 1. The van der Waals surface area contributed by atoms with Gasteiger partial charge in [0.2, 0.25) is 0 Å². The molecule has 0 aliphatic carbocycles. The van der Waals surface area contributed by atoms with Crippen LogP contribution in [0.25, 0.3) is 49.6 Å². The lowest BCUT2D eigenvalue weighted by Gasteiger charge is -2.20. The average molecular weight is 498 g/mol. The first kappa shape index (κ1) is 22.4. The summed E-state index contributed by atoms with van der Waals surface area (Å²) in [6.45, 7) is 6.66. The van der Waals surface area contributed by atoms with Crippen molar-refractivity contribution >= 4 is 49.4 Å². The molecule has 0 radical (unpaired) electrons. The van der Waals surface area contributed by atoms with Gasteiger partial charge in [-0.2, -0.15) is 0 Å². The Hall–Kier alpha value is -4.77. The molecule has 0 aliphatic rings. The summed E-state index contributed by atoms with van der Waals surface area (Å²) >= 11 is 0. The van der Waals surface area contributed by atoms with Crippen molar-refractivity contribution in [2.75, 3.05) is 5.73 Å². The number of anilines is 1. The summed E-state index contributed by atoms with van der Waals surface area (Å²) < 4.78 is 14.7. The summed E-state index contributed by atoms with van der Waals surface area (Å²) in [7, 11) is 0. The molecule has 0 fully saturated rings. The zero-order chi connectivity index (χ0) is 26.0. The highest BCUT2D eigenvalue weighted by Gasteiger charge is 2.21. The van der Waals surface area contributed by atoms with E-state index in [1.165, 1.54) is 5.56 Å². The summed E-state index contributed by atoms with van der Waals surface area (Å²) in [4.78, 5) is 4.83. The number of fused-ring (bicyclic) bond motifs is 7. The molecular formula is C33H27N3O2. The predicted octanol–water partition coefficient (Wildman–Crippen LogP) is 8.75. The second-order valence-corrected chi connectivity index (χ2v) is 10.8. The summed E-state index contributed by atoms with van der Waals surface area (Å²) in [6, 6.07) is 30.4. The van der Waals surface area contributed by atoms with Gasteiger partial charge in [0, 0.05) is 45.6 Å². The normalized spacial score (nSPS) is 12.2. The molecule has 5 heteroatoms. The molecule has 5 nitrogen and oxygen atoms in total. The third kappa shape index (κ3) is 3.51. The molecule has 0 amide bonds. The van der Waals surface area contributed by atoms with E-state index >= 15 is 0 Å². The highest BCUT2D eigenvalue weighted by atomic mass is 16.5. The van der Waals surface area contributed by atoms with E-state index in [1.807, 2.05) is 48.7 Å². The Morgan fingerprint density at radius 3 is 2.42 bits per heavy atom. The molecule has 4 aromatic carbocycles. The summed E-state index contributed by atoms with van der Waals surface area (Å²) in [6.07, 6.45) is 1.90. The largest absolute Gasteiger partial charge is 0.457 e. The predicted molar refractivity (Wildman–Crippen MR) is 155 cm³/mol. The van der Waals surface area contributed by atoms with Gasteiger partial charge in [-0.3, -0.25) is 4.57 Å². The first-order valence-corrected chi connectivity index (χ1v) is 12.8. The first-order chi connectivity index (χ1) is 18.4. The number of nitrogen functional groups attached to an aromatic ring is 1. The number of hydrogen-bond donors (Lipinski definition) is 1. The quantitative estimate of drug-likeness (QED) is 0.248. The number of furan rings is 1. The van der Waals surface area contributed by atoms with Gasteiger partial charge in [-0.05, 0) is 65.6 Å². The zero-order valence-corrected chi connectivity index (χ0v) is 21.5.